The van der Waals surface area contributed by atoms with Gasteiger partial charge < -0.3 is 15.4 Å². The summed E-state index contributed by atoms with van der Waals surface area (Å²) in [5, 5.41) is 9.54. The summed E-state index contributed by atoms with van der Waals surface area (Å²) in [6.45, 7) is 10.2. The van der Waals surface area contributed by atoms with Crippen molar-refractivity contribution in [2.24, 2.45) is 11.8 Å². The van der Waals surface area contributed by atoms with Crippen molar-refractivity contribution < 1.29 is 19.1 Å². The number of fused-ring (bicyclic) bond motifs is 2. The lowest BCUT2D eigenvalue weighted by Crippen LogP contribution is -2.52. The van der Waals surface area contributed by atoms with Crippen LogP contribution in [0.15, 0.2) is 36.4 Å². The van der Waals surface area contributed by atoms with E-state index in [-0.39, 0.29) is 23.8 Å². The second-order valence-corrected chi connectivity index (χ2v) is 9.34. The lowest BCUT2D eigenvalue weighted by Gasteiger charge is -2.30. The molecule has 2 aromatic rings. The van der Waals surface area contributed by atoms with Gasteiger partial charge in [0.15, 0.2) is 0 Å². The summed E-state index contributed by atoms with van der Waals surface area (Å²) >= 11 is 0. The highest BCUT2D eigenvalue weighted by Gasteiger charge is 2.60. The number of benzene rings is 2. The summed E-state index contributed by atoms with van der Waals surface area (Å²) < 4.78 is 5.01. The molecule has 0 unspecified atom stereocenters. The monoisotopic (exact) mass is 449 g/mol. The fraction of sp³-hybridized carbons (Fsp3) is 0.423. The van der Waals surface area contributed by atoms with E-state index in [1.54, 1.807) is 31.2 Å². The van der Waals surface area contributed by atoms with E-state index in [1.807, 2.05) is 26.0 Å². The first kappa shape index (κ1) is 23.0. The molecule has 0 bridgehead atoms. The quantitative estimate of drug-likeness (QED) is 0.602. The van der Waals surface area contributed by atoms with Crippen molar-refractivity contribution in [1.29, 1.82) is 0 Å². The topological polar surface area (TPSA) is 96.5 Å². The van der Waals surface area contributed by atoms with Gasteiger partial charge in [0.1, 0.15) is 5.54 Å². The number of ether oxygens (including phenoxy) is 1. The molecule has 3 atom stereocenters. The van der Waals surface area contributed by atoms with Crippen LogP contribution in [0.25, 0.3) is 0 Å². The highest BCUT2D eigenvalue weighted by molar-refractivity contribution is 6.11. The molecule has 33 heavy (non-hydrogen) atoms. The Hall–Kier alpha value is -3.19. The van der Waals surface area contributed by atoms with Crippen LogP contribution in [0.4, 0.5) is 11.4 Å². The SMILES string of the molecule is CCOC(=O)c1ccc(NC(=O)[C@@H]2C[C@H](C(C)C)N[C@@]23C(=O)Nc2c(C)cc(C)cc23)cc1. The smallest absolute Gasteiger partial charge is 0.338 e. The van der Waals surface area contributed by atoms with Gasteiger partial charge in [-0.25, -0.2) is 4.79 Å². The standard InChI is InChI=1S/C26H31N3O4/c1-6-33-24(31)17-7-9-18(10-8-17)27-23(30)20-13-21(14(2)3)29-26(20)19-12-15(4)11-16(5)22(19)28-25(26)32/h7-12,14,20-21,29H,6,13H2,1-5H3,(H,27,30)(H,28,32)/t20-,21+,26+/m0/s1. The minimum Gasteiger partial charge on any atom is -0.462 e. The van der Waals surface area contributed by atoms with Crippen LogP contribution in [0.3, 0.4) is 0 Å². The summed E-state index contributed by atoms with van der Waals surface area (Å²) in [5.41, 5.74) is 3.53. The Balaban J connectivity index is 1.67. The Kier molecular flexibility index (Phi) is 6.01. The summed E-state index contributed by atoms with van der Waals surface area (Å²) in [6, 6.07) is 10.7. The molecule has 7 nitrogen and oxygen atoms in total. The van der Waals surface area contributed by atoms with Crippen LogP contribution in [0, 0.1) is 25.7 Å². The third kappa shape index (κ3) is 3.91. The number of anilines is 2. The number of carbonyl (C=O) groups excluding carboxylic acids is 3. The zero-order valence-electron chi connectivity index (χ0n) is 19.7. The van der Waals surface area contributed by atoms with E-state index in [2.05, 4.69) is 29.8 Å². The summed E-state index contributed by atoms with van der Waals surface area (Å²) in [4.78, 5) is 38.9. The van der Waals surface area contributed by atoms with Gasteiger partial charge in [-0.3, -0.25) is 14.9 Å². The van der Waals surface area contributed by atoms with Gasteiger partial charge in [0.25, 0.3) is 0 Å². The summed E-state index contributed by atoms with van der Waals surface area (Å²) in [6.07, 6.45) is 0.546. The van der Waals surface area contributed by atoms with Crippen molar-refractivity contribution >= 4 is 29.2 Å². The molecule has 7 heteroatoms. The number of amides is 2. The van der Waals surface area contributed by atoms with E-state index in [0.717, 1.165) is 22.4 Å². The molecule has 174 valence electrons. The summed E-state index contributed by atoms with van der Waals surface area (Å²) in [5.74, 6) is -1.15. The first-order valence-electron chi connectivity index (χ1n) is 11.5. The van der Waals surface area contributed by atoms with E-state index in [4.69, 9.17) is 4.74 Å². The van der Waals surface area contributed by atoms with Gasteiger partial charge in [0.2, 0.25) is 11.8 Å². The molecule has 0 aliphatic carbocycles. The molecule has 4 rings (SSSR count). The zero-order chi connectivity index (χ0) is 23.9. The third-order valence-corrected chi connectivity index (χ3v) is 6.71. The average molecular weight is 450 g/mol. The molecule has 0 saturated carbocycles. The molecule has 2 aliphatic rings. The largest absolute Gasteiger partial charge is 0.462 e. The molecule has 2 aliphatic heterocycles. The second-order valence-electron chi connectivity index (χ2n) is 9.34. The van der Waals surface area contributed by atoms with Crippen LogP contribution in [-0.2, 0) is 19.9 Å². The average Bonchev–Trinajstić information content (AvgIpc) is 3.30. The highest BCUT2D eigenvalue weighted by atomic mass is 16.5. The van der Waals surface area contributed by atoms with Crippen LogP contribution in [0.2, 0.25) is 0 Å². The predicted molar refractivity (Wildman–Crippen MR) is 127 cm³/mol. The molecular formula is C26H31N3O4. The van der Waals surface area contributed by atoms with Gasteiger partial charge >= 0.3 is 5.97 Å². The molecule has 0 aromatic heterocycles. The lowest BCUT2D eigenvalue weighted by molar-refractivity contribution is -0.130. The fourth-order valence-corrected chi connectivity index (χ4v) is 5.03. The third-order valence-electron chi connectivity index (χ3n) is 6.71. The zero-order valence-corrected chi connectivity index (χ0v) is 19.7. The normalized spacial score (nSPS) is 23.5. The van der Waals surface area contributed by atoms with Crippen LogP contribution < -0.4 is 16.0 Å². The van der Waals surface area contributed by atoms with Crippen LogP contribution in [-0.4, -0.2) is 30.4 Å². The van der Waals surface area contributed by atoms with Crippen LogP contribution >= 0.6 is 0 Å². The molecule has 2 amide bonds. The molecule has 1 spiro atoms. The van der Waals surface area contributed by atoms with Gasteiger partial charge in [-0.2, -0.15) is 0 Å². The van der Waals surface area contributed by atoms with E-state index in [0.29, 0.717) is 24.3 Å². The number of hydrogen-bond acceptors (Lipinski definition) is 5. The number of hydrogen-bond donors (Lipinski definition) is 3. The van der Waals surface area contributed by atoms with E-state index in [9.17, 15) is 14.4 Å². The Morgan fingerprint density at radius 1 is 1.18 bits per heavy atom. The van der Waals surface area contributed by atoms with E-state index >= 15 is 0 Å². The maximum atomic E-state index is 13.6. The molecule has 1 saturated heterocycles. The first-order chi connectivity index (χ1) is 15.7. The first-order valence-corrected chi connectivity index (χ1v) is 11.5. The van der Waals surface area contributed by atoms with E-state index in [1.165, 1.54) is 0 Å². The maximum Gasteiger partial charge on any atom is 0.338 e. The van der Waals surface area contributed by atoms with Crippen LogP contribution in [0.5, 0.6) is 0 Å². The lowest BCUT2D eigenvalue weighted by atomic mass is 9.78. The Labute approximate surface area is 194 Å². The van der Waals surface area contributed by atoms with Crippen molar-refractivity contribution in [2.45, 2.75) is 52.6 Å². The van der Waals surface area contributed by atoms with Crippen molar-refractivity contribution in [3.05, 3.63) is 58.7 Å². The summed E-state index contributed by atoms with van der Waals surface area (Å²) in [7, 11) is 0. The fourth-order valence-electron chi connectivity index (χ4n) is 5.03. The van der Waals surface area contributed by atoms with Gasteiger partial charge in [-0.1, -0.05) is 31.5 Å². The number of nitrogens with one attached hydrogen (secondary N) is 3. The van der Waals surface area contributed by atoms with Crippen molar-refractivity contribution in [2.75, 3.05) is 17.2 Å². The van der Waals surface area contributed by atoms with Crippen molar-refractivity contribution in [1.82, 2.24) is 5.32 Å². The van der Waals surface area contributed by atoms with Crippen molar-refractivity contribution in [3.8, 4) is 0 Å². The number of rotatable bonds is 5. The van der Waals surface area contributed by atoms with Gasteiger partial charge in [0, 0.05) is 23.0 Å². The molecule has 2 heterocycles. The minimum absolute atomic E-state index is 0.0180. The van der Waals surface area contributed by atoms with Crippen LogP contribution in [0.1, 0.15) is 54.2 Å². The second kappa shape index (κ2) is 8.63. The Bertz CT molecular complexity index is 1110. The molecular weight excluding hydrogens is 418 g/mol. The van der Waals surface area contributed by atoms with Crippen molar-refractivity contribution in [3.63, 3.8) is 0 Å². The number of esters is 1. The molecule has 3 N–H and O–H groups in total. The number of carbonyl (C=O) groups is 3. The molecule has 1 fully saturated rings. The molecule has 2 aromatic carbocycles. The Morgan fingerprint density at radius 2 is 1.88 bits per heavy atom. The predicted octanol–water partition coefficient (Wildman–Crippen LogP) is 3.90. The van der Waals surface area contributed by atoms with Gasteiger partial charge in [-0.05, 0) is 62.9 Å². The van der Waals surface area contributed by atoms with Gasteiger partial charge in [-0.15, -0.1) is 0 Å². The number of aryl methyl sites for hydroxylation is 2. The Morgan fingerprint density at radius 3 is 2.52 bits per heavy atom. The maximum absolute atomic E-state index is 13.6. The highest BCUT2D eigenvalue weighted by Crippen LogP contribution is 2.49. The minimum atomic E-state index is -1.12. The van der Waals surface area contributed by atoms with E-state index < -0.39 is 17.4 Å². The molecule has 0 radical (unpaired) electrons. The van der Waals surface area contributed by atoms with Gasteiger partial charge in [0.05, 0.1) is 18.1 Å².